The van der Waals surface area contributed by atoms with Crippen molar-refractivity contribution in [1.82, 2.24) is 0 Å². The highest BCUT2D eigenvalue weighted by Gasteiger charge is 2.24. The van der Waals surface area contributed by atoms with Crippen molar-refractivity contribution in [3.63, 3.8) is 0 Å². The van der Waals surface area contributed by atoms with Gasteiger partial charge in [0.05, 0.1) is 24.9 Å². The highest BCUT2D eigenvalue weighted by molar-refractivity contribution is 5.90. The quantitative estimate of drug-likeness (QED) is 0.170. The first-order chi connectivity index (χ1) is 10.9. The van der Waals surface area contributed by atoms with E-state index in [2.05, 4.69) is 13.2 Å². The molecular weight excluding hydrogens is 298 g/mol. The van der Waals surface area contributed by atoms with Gasteiger partial charge in [-0.2, -0.15) is 5.26 Å². The fraction of sp³-hybridized carbons (Fsp3) is 0.471. The van der Waals surface area contributed by atoms with Gasteiger partial charge in [0.25, 0.3) is 0 Å². The molecule has 23 heavy (non-hydrogen) atoms. The first-order valence-corrected chi connectivity index (χ1v) is 7.28. The Kier molecular flexibility index (Phi) is 10.9. The Labute approximate surface area is 137 Å². The van der Waals surface area contributed by atoms with Crippen LogP contribution in [0.15, 0.2) is 36.5 Å². The number of epoxide rings is 1. The Morgan fingerprint density at radius 3 is 2.48 bits per heavy atom. The van der Waals surface area contributed by atoms with Gasteiger partial charge in [0, 0.05) is 11.6 Å². The van der Waals surface area contributed by atoms with Crippen molar-refractivity contribution in [1.29, 1.82) is 5.26 Å². The maximum Gasteiger partial charge on any atom is 0.337 e. The second-order valence-electron chi connectivity index (χ2n) is 4.81. The van der Waals surface area contributed by atoms with Crippen LogP contribution >= 0.6 is 0 Å². The number of unbranched alkanes of at least 4 members (excludes halogenated alkanes) is 1. The fourth-order valence-corrected chi connectivity index (χ4v) is 1.06. The number of carbonyl (C=O) groups excluding carboxylic acids is 2. The van der Waals surface area contributed by atoms with Gasteiger partial charge < -0.3 is 14.2 Å². The number of hydrogen-bond donors (Lipinski definition) is 0. The molecule has 1 aliphatic rings. The number of carbonyl (C=O) groups is 2. The molecule has 1 atom stereocenters. The zero-order valence-corrected chi connectivity index (χ0v) is 13.7. The van der Waals surface area contributed by atoms with Gasteiger partial charge in [-0.05, 0) is 19.4 Å². The van der Waals surface area contributed by atoms with E-state index in [9.17, 15) is 9.59 Å². The van der Waals surface area contributed by atoms with Crippen LogP contribution in [-0.2, 0) is 23.8 Å². The molecule has 6 nitrogen and oxygen atoms in total. The van der Waals surface area contributed by atoms with E-state index in [1.807, 2.05) is 6.92 Å². The first-order valence-electron chi connectivity index (χ1n) is 7.28. The summed E-state index contributed by atoms with van der Waals surface area (Å²) in [6, 6.07) is 1.77. The van der Waals surface area contributed by atoms with Crippen molar-refractivity contribution >= 4 is 11.9 Å². The van der Waals surface area contributed by atoms with E-state index in [0.717, 1.165) is 12.8 Å². The molecule has 0 N–H and O–H groups in total. The second kappa shape index (κ2) is 12.2. The topological polar surface area (TPSA) is 88.9 Å². The van der Waals surface area contributed by atoms with Crippen LogP contribution in [0.25, 0.3) is 0 Å². The Morgan fingerprint density at radius 2 is 2.00 bits per heavy atom. The minimum atomic E-state index is -0.458. The monoisotopic (exact) mass is 321 g/mol. The lowest BCUT2D eigenvalue weighted by atomic mass is 10.3. The molecule has 0 radical (unpaired) electrons. The minimum absolute atomic E-state index is 0.142. The molecule has 1 aliphatic heterocycles. The average Bonchev–Trinajstić information content (AvgIpc) is 3.35. The van der Waals surface area contributed by atoms with Gasteiger partial charge in [-0.3, -0.25) is 0 Å². The summed E-state index contributed by atoms with van der Waals surface area (Å²) in [5.41, 5.74) is 0.637. The molecule has 1 rings (SSSR count). The standard InChI is InChI=1S/C10H13NO2.C7H10O3/c1-3-4-8-13-10(12)9(2)6-5-7-11;1-5(2)7(8)10-4-6-3-9-6/h5-6H,2-4,8H2,1H3;6H,1,3-4H2,2H3. The van der Waals surface area contributed by atoms with E-state index >= 15 is 0 Å². The third-order valence-corrected chi connectivity index (χ3v) is 2.50. The lowest BCUT2D eigenvalue weighted by molar-refractivity contribution is -0.140. The molecule has 0 aliphatic carbocycles. The highest BCUT2D eigenvalue weighted by atomic mass is 16.6. The number of rotatable bonds is 8. The number of nitriles is 1. The third kappa shape index (κ3) is 11.9. The van der Waals surface area contributed by atoms with E-state index in [-0.39, 0.29) is 17.6 Å². The molecule has 1 heterocycles. The average molecular weight is 321 g/mol. The van der Waals surface area contributed by atoms with E-state index < -0.39 is 5.97 Å². The molecule has 0 aromatic carbocycles. The molecule has 0 bridgehead atoms. The first kappa shape index (κ1) is 20.6. The van der Waals surface area contributed by atoms with E-state index in [1.165, 1.54) is 12.2 Å². The van der Waals surface area contributed by atoms with Crippen LogP contribution < -0.4 is 0 Å². The van der Waals surface area contributed by atoms with Gasteiger partial charge in [0.2, 0.25) is 0 Å². The molecule has 0 aromatic rings. The minimum Gasteiger partial charge on any atom is -0.462 e. The predicted molar refractivity (Wildman–Crippen MR) is 85.3 cm³/mol. The van der Waals surface area contributed by atoms with E-state index in [4.69, 9.17) is 19.5 Å². The van der Waals surface area contributed by atoms with Crippen LogP contribution in [0.1, 0.15) is 26.7 Å². The van der Waals surface area contributed by atoms with Gasteiger partial charge in [-0.15, -0.1) is 0 Å². The fourth-order valence-electron chi connectivity index (χ4n) is 1.06. The van der Waals surface area contributed by atoms with Gasteiger partial charge in [-0.1, -0.05) is 26.5 Å². The van der Waals surface area contributed by atoms with Crippen LogP contribution in [0.4, 0.5) is 0 Å². The zero-order valence-electron chi connectivity index (χ0n) is 13.7. The summed E-state index contributed by atoms with van der Waals surface area (Å²) in [6.45, 7) is 12.0. The smallest absolute Gasteiger partial charge is 0.337 e. The molecule has 0 spiro atoms. The summed E-state index contributed by atoms with van der Waals surface area (Å²) < 4.78 is 14.4. The summed E-state index contributed by atoms with van der Waals surface area (Å²) in [5.74, 6) is -0.796. The lowest BCUT2D eigenvalue weighted by Gasteiger charge is -2.01. The van der Waals surface area contributed by atoms with Crippen molar-refractivity contribution in [2.24, 2.45) is 0 Å². The maximum absolute atomic E-state index is 11.0. The summed E-state index contributed by atoms with van der Waals surface area (Å²) in [7, 11) is 0. The van der Waals surface area contributed by atoms with Crippen LogP contribution in [-0.4, -0.2) is 37.9 Å². The number of esters is 2. The van der Waals surface area contributed by atoms with E-state index in [0.29, 0.717) is 25.4 Å². The summed E-state index contributed by atoms with van der Waals surface area (Å²) in [6.07, 6.45) is 4.51. The summed E-state index contributed by atoms with van der Waals surface area (Å²) in [5, 5.41) is 8.18. The highest BCUT2D eigenvalue weighted by Crippen LogP contribution is 2.09. The Morgan fingerprint density at radius 1 is 1.35 bits per heavy atom. The molecule has 0 aromatic heterocycles. The molecule has 1 unspecified atom stereocenters. The molecule has 0 saturated carbocycles. The van der Waals surface area contributed by atoms with Crippen molar-refractivity contribution in [2.75, 3.05) is 19.8 Å². The number of ether oxygens (including phenoxy) is 3. The van der Waals surface area contributed by atoms with Crippen molar-refractivity contribution in [2.45, 2.75) is 32.8 Å². The van der Waals surface area contributed by atoms with Gasteiger partial charge >= 0.3 is 11.9 Å². The summed E-state index contributed by atoms with van der Waals surface area (Å²) in [4.78, 5) is 21.7. The molecule has 6 heteroatoms. The summed E-state index contributed by atoms with van der Waals surface area (Å²) >= 11 is 0. The largest absolute Gasteiger partial charge is 0.462 e. The Balaban J connectivity index is 0.000000433. The van der Waals surface area contributed by atoms with Crippen molar-refractivity contribution < 1.29 is 23.8 Å². The van der Waals surface area contributed by atoms with Crippen molar-refractivity contribution in [3.8, 4) is 6.07 Å². The molecule has 0 amide bonds. The molecule has 1 fully saturated rings. The van der Waals surface area contributed by atoms with Crippen LogP contribution in [0.3, 0.4) is 0 Å². The van der Waals surface area contributed by atoms with Crippen LogP contribution in [0, 0.1) is 11.3 Å². The second-order valence-corrected chi connectivity index (χ2v) is 4.81. The Bertz CT molecular complexity index is 498. The van der Waals surface area contributed by atoms with Crippen LogP contribution in [0.2, 0.25) is 0 Å². The van der Waals surface area contributed by atoms with Gasteiger partial charge in [0.1, 0.15) is 12.7 Å². The predicted octanol–water partition coefficient (Wildman–Crippen LogP) is 2.47. The number of hydrogen-bond acceptors (Lipinski definition) is 6. The number of allylic oxidation sites excluding steroid dienone is 1. The lowest BCUT2D eigenvalue weighted by Crippen LogP contribution is -2.09. The van der Waals surface area contributed by atoms with Gasteiger partial charge in [0.15, 0.2) is 0 Å². The molecule has 1 saturated heterocycles. The SMILES string of the molecule is C=C(C)C(=O)OCC1CO1.C=C(C=CC#N)C(=O)OCCCC. The number of nitrogens with zero attached hydrogens (tertiary/aromatic N) is 1. The van der Waals surface area contributed by atoms with Crippen LogP contribution in [0.5, 0.6) is 0 Å². The third-order valence-electron chi connectivity index (χ3n) is 2.50. The van der Waals surface area contributed by atoms with Crippen molar-refractivity contribution in [3.05, 3.63) is 36.5 Å². The van der Waals surface area contributed by atoms with Gasteiger partial charge in [-0.25, -0.2) is 9.59 Å². The zero-order chi connectivity index (χ0) is 17.7. The normalized spacial score (nSPS) is 14.9. The van der Waals surface area contributed by atoms with E-state index in [1.54, 1.807) is 13.0 Å². The molecule has 126 valence electrons. The maximum atomic E-state index is 11.0. The Hall–Kier alpha value is -2.39. The molecular formula is C17H23NO5.